The molecular weight excluding hydrogens is 357 g/mol. The smallest absolute Gasteiger partial charge is 0.272 e. The largest absolute Gasteiger partial charge is 0.336 e. The highest BCUT2D eigenvalue weighted by Crippen LogP contribution is 2.40. The molecule has 0 N–H and O–H groups in total. The van der Waals surface area contributed by atoms with Crippen molar-refractivity contribution in [2.45, 2.75) is 51.6 Å². The van der Waals surface area contributed by atoms with Gasteiger partial charge in [-0.2, -0.15) is 5.10 Å². The number of carbonyl (C=O) groups excluding carboxylic acids is 1. The van der Waals surface area contributed by atoms with E-state index in [0.29, 0.717) is 28.2 Å². The Balaban J connectivity index is 1.88. The van der Waals surface area contributed by atoms with E-state index in [2.05, 4.69) is 20.8 Å². The molecule has 1 amide bonds. The van der Waals surface area contributed by atoms with Crippen molar-refractivity contribution in [2.24, 2.45) is 0 Å². The van der Waals surface area contributed by atoms with Gasteiger partial charge in [-0.15, -0.1) is 0 Å². The summed E-state index contributed by atoms with van der Waals surface area (Å²) in [5, 5.41) is 5.70. The molecule has 2 aromatic rings. The highest BCUT2D eigenvalue weighted by atomic mass is 35.5. The summed E-state index contributed by atoms with van der Waals surface area (Å²) in [5.41, 5.74) is 2.21. The first-order valence-electron chi connectivity index (χ1n) is 8.47. The number of nitrogens with zero attached hydrogens (tertiary/aromatic N) is 3. The fourth-order valence-electron chi connectivity index (χ4n) is 2.84. The van der Waals surface area contributed by atoms with Crippen LogP contribution >= 0.6 is 23.2 Å². The lowest BCUT2D eigenvalue weighted by Gasteiger charge is -2.24. The summed E-state index contributed by atoms with van der Waals surface area (Å²) >= 11 is 12.3. The Morgan fingerprint density at radius 2 is 2.00 bits per heavy atom. The Labute approximate surface area is 158 Å². The minimum absolute atomic E-state index is 0.0645. The lowest BCUT2D eigenvalue weighted by molar-refractivity contribution is 0.0764. The first-order valence-corrected chi connectivity index (χ1v) is 9.23. The fourth-order valence-corrected chi connectivity index (χ4v) is 3.22. The maximum absolute atomic E-state index is 13.1. The third kappa shape index (κ3) is 3.85. The molecule has 0 bridgehead atoms. The zero-order valence-electron chi connectivity index (χ0n) is 15.0. The van der Waals surface area contributed by atoms with E-state index in [0.717, 1.165) is 24.1 Å². The summed E-state index contributed by atoms with van der Waals surface area (Å²) in [6.07, 6.45) is 2.31. The van der Waals surface area contributed by atoms with Crippen LogP contribution in [0.1, 0.15) is 61.3 Å². The van der Waals surface area contributed by atoms with E-state index in [1.165, 1.54) is 0 Å². The monoisotopic (exact) mass is 379 g/mol. The molecular formula is C19H23Cl2N3O. The predicted molar refractivity (Wildman–Crippen MR) is 101 cm³/mol. The van der Waals surface area contributed by atoms with E-state index in [1.807, 2.05) is 22.9 Å². The molecule has 1 fully saturated rings. The van der Waals surface area contributed by atoms with Gasteiger partial charge in [-0.25, -0.2) is 0 Å². The molecule has 1 aromatic carbocycles. The maximum Gasteiger partial charge on any atom is 0.272 e. The molecule has 1 aliphatic carbocycles. The lowest BCUT2D eigenvalue weighted by atomic mass is 10.1. The number of carbonyl (C=O) groups is 1. The van der Waals surface area contributed by atoms with Crippen LogP contribution in [-0.2, 0) is 12.1 Å². The van der Waals surface area contributed by atoms with Gasteiger partial charge in [-0.3, -0.25) is 9.48 Å². The Morgan fingerprint density at radius 3 is 2.60 bits per heavy atom. The average molecular weight is 380 g/mol. The van der Waals surface area contributed by atoms with Crippen molar-refractivity contribution < 1.29 is 4.79 Å². The Bertz CT molecular complexity index is 803. The van der Waals surface area contributed by atoms with Crippen molar-refractivity contribution in [2.75, 3.05) is 7.05 Å². The van der Waals surface area contributed by atoms with Crippen molar-refractivity contribution in [3.63, 3.8) is 0 Å². The van der Waals surface area contributed by atoms with Crippen LogP contribution in [0.15, 0.2) is 24.3 Å². The Morgan fingerprint density at radius 1 is 1.32 bits per heavy atom. The van der Waals surface area contributed by atoms with Crippen molar-refractivity contribution in [3.05, 3.63) is 51.3 Å². The molecule has 0 unspecified atom stereocenters. The van der Waals surface area contributed by atoms with E-state index in [1.54, 1.807) is 18.0 Å². The molecule has 134 valence electrons. The van der Waals surface area contributed by atoms with Gasteiger partial charge in [0.05, 0.1) is 21.3 Å². The van der Waals surface area contributed by atoms with Gasteiger partial charge in [0.2, 0.25) is 0 Å². The third-order valence-electron chi connectivity index (χ3n) is 4.36. The van der Waals surface area contributed by atoms with E-state index in [9.17, 15) is 4.79 Å². The molecule has 1 aromatic heterocycles. The fraction of sp³-hybridized carbons (Fsp3) is 0.474. The molecule has 1 saturated carbocycles. The number of hydrogen-bond donors (Lipinski definition) is 0. The van der Waals surface area contributed by atoms with Gasteiger partial charge in [0, 0.05) is 19.5 Å². The molecule has 0 radical (unpaired) electrons. The molecule has 25 heavy (non-hydrogen) atoms. The minimum atomic E-state index is -0.257. The highest BCUT2D eigenvalue weighted by molar-refractivity contribution is 6.42. The summed E-state index contributed by atoms with van der Waals surface area (Å²) in [6.45, 7) is 6.57. The minimum Gasteiger partial charge on any atom is -0.336 e. The Kier molecular flexibility index (Phi) is 4.86. The molecule has 0 aliphatic heterocycles. The highest BCUT2D eigenvalue weighted by Gasteiger charge is 2.32. The van der Waals surface area contributed by atoms with Crippen LogP contribution in [0.5, 0.6) is 0 Å². The first kappa shape index (κ1) is 18.3. The molecule has 1 heterocycles. The molecule has 0 atom stereocenters. The summed E-state index contributed by atoms with van der Waals surface area (Å²) in [5.74, 6) is 0.438. The number of amides is 1. The van der Waals surface area contributed by atoms with E-state index >= 15 is 0 Å². The Hall–Kier alpha value is -1.52. The first-order chi connectivity index (χ1) is 11.7. The van der Waals surface area contributed by atoms with Gasteiger partial charge in [0.25, 0.3) is 5.91 Å². The van der Waals surface area contributed by atoms with Crippen LogP contribution in [0.2, 0.25) is 10.0 Å². The van der Waals surface area contributed by atoms with Crippen LogP contribution in [-0.4, -0.2) is 27.6 Å². The summed E-state index contributed by atoms with van der Waals surface area (Å²) in [7, 11) is 1.77. The molecule has 0 saturated heterocycles. The van der Waals surface area contributed by atoms with Crippen molar-refractivity contribution >= 4 is 29.1 Å². The summed E-state index contributed by atoms with van der Waals surface area (Å²) in [4.78, 5) is 14.7. The standard InChI is InChI=1S/C19H23Cl2N3O/c1-19(2,3)24-16(10-15(22-24)12-8-9-12)18(25)23(4)11-13-6-5-7-14(20)17(13)21/h5-7,10,12H,8-9,11H2,1-4H3. The maximum atomic E-state index is 13.1. The van der Waals surface area contributed by atoms with Crippen LogP contribution in [0.25, 0.3) is 0 Å². The number of rotatable bonds is 4. The topological polar surface area (TPSA) is 38.1 Å². The van der Waals surface area contributed by atoms with Gasteiger partial charge in [-0.05, 0) is 51.3 Å². The van der Waals surface area contributed by atoms with Gasteiger partial charge in [-0.1, -0.05) is 35.3 Å². The third-order valence-corrected chi connectivity index (χ3v) is 5.22. The zero-order valence-corrected chi connectivity index (χ0v) is 16.5. The zero-order chi connectivity index (χ0) is 18.4. The van der Waals surface area contributed by atoms with Crippen molar-refractivity contribution in [1.82, 2.24) is 14.7 Å². The second kappa shape index (κ2) is 6.65. The summed E-state index contributed by atoms with van der Waals surface area (Å²) in [6, 6.07) is 7.41. The normalized spacial score (nSPS) is 14.6. The van der Waals surface area contributed by atoms with Gasteiger partial charge >= 0.3 is 0 Å². The van der Waals surface area contributed by atoms with Gasteiger partial charge in [0.15, 0.2) is 0 Å². The SMILES string of the molecule is CN(Cc1cccc(Cl)c1Cl)C(=O)c1cc(C2CC2)nn1C(C)(C)C. The molecule has 4 nitrogen and oxygen atoms in total. The second-order valence-electron chi connectivity index (χ2n) is 7.69. The number of halogens is 2. The van der Waals surface area contributed by atoms with E-state index in [-0.39, 0.29) is 11.4 Å². The quantitative estimate of drug-likeness (QED) is 0.741. The van der Waals surface area contributed by atoms with E-state index < -0.39 is 0 Å². The molecule has 6 heteroatoms. The summed E-state index contributed by atoms with van der Waals surface area (Å²) < 4.78 is 1.85. The van der Waals surface area contributed by atoms with Crippen LogP contribution in [0.4, 0.5) is 0 Å². The van der Waals surface area contributed by atoms with Gasteiger partial charge < -0.3 is 4.90 Å². The molecule has 0 spiro atoms. The van der Waals surface area contributed by atoms with Crippen LogP contribution in [0, 0.1) is 0 Å². The lowest BCUT2D eigenvalue weighted by Crippen LogP contribution is -2.33. The van der Waals surface area contributed by atoms with Crippen molar-refractivity contribution in [1.29, 1.82) is 0 Å². The van der Waals surface area contributed by atoms with E-state index in [4.69, 9.17) is 28.3 Å². The number of aromatic nitrogens is 2. The number of hydrogen-bond acceptors (Lipinski definition) is 2. The van der Waals surface area contributed by atoms with Crippen molar-refractivity contribution in [3.8, 4) is 0 Å². The number of benzene rings is 1. The molecule has 3 rings (SSSR count). The second-order valence-corrected chi connectivity index (χ2v) is 8.47. The van der Waals surface area contributed by atoms with Crippen LogP contribution < -0.4 is 0 Å². The molecule has 1 aliphatic rings. The van der Waals surface area contributed by atoms with Crippen LogP contribution in [0.3, 0.4) is 0 Å². The van der Waals surface area contributed by atoms with Gasteiger partial charge in [0.1, 0.15) is 5.69 Å². The average Bonchev–Trinajstić information content (AvgIpc) is 3.28. The predicted octanol–water partition coefficient (Wildman–Crippen LogP) is 5.09.